The van der Waals surface area contributed by atoms with Crippen molar-refractivity contribution in [3.05, 3.63) is 40.2 Å². The molecule has 2 rings (SSSR count). The molecule has 1 amide bonds. The summed E-state index contributed by atoms with van der Waals surface area (Å²) in [7, 11) is 0. The number of aryl methyl sites for hydroxylation is 1. The molecule has 134 valence electrons. The van der Waals surface area contributed by atoms with E-state index < -0.39 is 0 Å². The fraction of sp³-hybridized carbons (Fsp3) is 0.412. The Morgan fingerprint density at radius 2 is 1.96 bits per heavy atom. The van der Waals surface area contributed by atoms with E-state index in [1.54, 1.807) is 11.3 Å². The van der Waals surface area contributed by atoms with Crippen LogP contribution in [0.4, 0.5) is 0 Å². The number of carbonyl (C=O) groups is 1. The molecule has 4 nitrogen and oxygen atoms in total. The molecule has 7 heteroatoms. The molecule has 24 heavy (non-hydrogen) atoms. The molecule has 0 saturated heterocycles. The number of hydrogen-bond donors (Lipinski definition) is 2. The lowest BCUT2D eigenvalue weighted by Crippen LogP contribution is -2.52. The number of aromatic nitrogens is 1. The minimum atomic E-state index is -0.329. The van der Waals surface area contributed by atoms with E-state index in [1.807, 2.05) is 50.4 Å². The summed E-state index contributed by atoms with van der Waals surface area (Å²) in [6.45, 7) is 6.51. The summed E-state index contributed by atoms with van der Waals surface area (Å²) < 4.78 is 0. The third-order valence-electron chi connectivity index (χ3n) is 4.16. The van der Waals surface area contributed by atoms with Gasteiger partial charge in [0.15, 0.2) is 0 Å². The summed E-state index contributed by atoms with van der Waals surface area (Å²) >= 11 is 1.61. The lowest BCUT2D eigenvalue weighted by atomic mass is 9.92. The average Bonchev–Trinajstić information content (AvgIpc) is 2.99. The van der Waals surface area contributed by atoms with Crippen LogP contribution in [0.2, 0.25) is 0 Å². The van der Waals surface area contributed by atoms with Gasteiger partial charge < -0.3 is 11.1 Å². The number of nitrogens with one attached hydrogen (secondary N) is 1. The first-order chi connectivity index (χ1) is 10.5. The lowest BCUT2D eigenvalue weighted by molar-refractivity contribution is 0.0895. The topological polar surface area (TPSA) is 68.0 Å². The molecular formula is C17H25Cl2N3OS. The van der Waals surface area contributed by atoms with Gasteiger partial charge in [-0.25, -0.2) is 4.98 Å². The van der Waals surface area contributed by atoms with Gasteiger partial charge in [0, 0.05) is 23.1 Å². The number of hydrogen-bond acceptors (Lipinski definition) is 4. The van der Waals surface area contributed by atoms with Crippen molar-refractivity contribution in [2.24, 2.45) is 5.73 Å². The van der Waals surface area contributed by atoms with Gasteiger partial charge in [-0.05, 0) is 31.9 Å². The monoisotopic (exact) mass is 389 g/mol. The number of rotatable bonds is 6. The number of benzene rings is 1. The zero-order valence-electron chi connectivity index (χ0n) is 14.2. The van der Waals surface area contributed by atoms with Crippen LogP contribution in [0.1, 0.15) is 42.1 Å². The van der Waals surface area contributed by atoms with Gasteiger partial charge in [0.25, 0.3) is 5.91 Å². The molecule has 0 unspecified atom stereocenters. The minimum Gasteiger partial charge on any atom is -0.345 e. The summed E-state index contributed by atoms with van der Waals surface area (Å²) in [5.74, 6) is -0.0806. The van der Waals surface area contributed by atoms with Crippen LogP contribution < -0.4 is 11.1 Å². The molecule has 1 heterocycles. The van der Waals surface area contributed by atoms with Crippen LogP contribution in [-0.4, -0.2) is 23.0 Å². The molecule has 2 aromatic rings. The Balaban J connectivity index is 0.00000264. The molecule has 0 aliphatic rings. The Labute approximate surface area is 160 Å². The molecule has 0 aliphatic carbocycles. The summed E-state index contributed by atoms with van der Waals surface area (Å²) in [4.78, 5) is 17.0. The normalized spacial score (nSPS) is 10.5. The molecule has 0 fully saturated rings. The second-order valence-corrected chi connectivity index (χ2v) is 6.54. The van der Waals surface area contributed by atoms with Crippen molar-refractivity contribution in [1.82, 2.24) is 10.3 Å². The molecule has 0 radical (unpaired) electrons. The first-order valence-electron chi connectivity index (χ1n) is 7.58. The molecule has 1 aromatic carbocycles. The number of amides is 1. The van der Waals surface area contributed by atoms with E-state index in [1.165, 1.54) is 0 Å². The van der Waals surface area contributed by atoms with E-state index in [9.17, 15) is 4.79 Å². The maximum atomic E-state index is 12.5. The third kappa shape index (κ3) is 5.18. The van der Waals surface area contributed by atoms with Crippen LogP contribution in [0.25, 0.3) is 11.3 Å². The summed E-state index contributed by atoms with van der Waals surface area (Å²) in [6.07, 6.45) is 1.63. The molecular weight excluding hydrogens is 365 g/mol. The summed E-state index contributed by atoms with van der Waals surface area (Å²) in [5, 5.41) is 6.12. The lowest BCUT2D eigenvalue weighted by Gasteiger charge is -2.31. The Bertz CT molecular complexity index is 649. The molecule has 0 aliphatic heterocycles. The van der Waals surface area contributed by atoms with Gasteiger partial charge in [0.2, 0.25) is 0 Å². The highest BCUT2D eigenvalue weighted by Crippen LogP contribution is 2.23. The van der Waals surface area contributed by atoms with Crippen molar-refractivity contribution in [1.29, 1.82) is 0 Å². The first-order valence-corrected chi connectivity index (χ1v) is 8.46. The molecule has 3 N–H and O–H groups in total. The van der Waals surface area contributed by atoms with Crippen molar-refractivity contribution in [3.8, 4) is 11.3 Å². The van der Waals surface area contributed by atoms with Crippen molar-refractivity contribution < 1.29 is 4.79 Å². The van der Waals surface area contributed by atoms with Gasteiger partial charge in [0.1, 0.15) is 0 Å². The highest BCUT2D eigenvalue weighted by atomic mass is 35.5. The van der Waals surface area contributed by atoms with Crippen LogP contribution in [0.5, 0.6) is 0 Å². The predicted molar refractivity (Wildman–Crippen MR) is 107 cm³/mol. The summed E-state index contributed by atoms with van der Waals surface area (Å²) in [5.41, 5.74) is 8.04. The second kappa shape index (κ2) is 9.99. The number of nitrogens with zero attached hydrogens (tertiary/aromatic N) is 1. The van der Waals surface area contributed by atoms with Gasteiger partial charge in [-0.15, -0.1) is 36.2 Å². The van der Waals surface area contributed by atoms with Crippen LogP contribution in [0, 0.1) is 6.92 Å². The Kier molecular flexibility index (Phi) is 9.51. The molecule has 0 bridgehead atoms. The average molecular weight is 390 g/mol. The predicted octanol–water partition coefficient (Wildman–Crippen LogP) is 4.21. The SMILES string of the molecule is CCC(CC)(CN)NC(=O)c1cccc(-c2csc(C)n2)c1.Cl.Cl. The number of carbonyl (C=O) groups excluding carboxylic acids is 1. The Morgan fingerprint density at radius 1 is 1.29 bits per heavy atom. The highest BCUT2D eigenvalue weighted by Gasteiger charge is 2.26. The van der Waals surface area contributed by atoms with E-state index in [0.717, 1.165) is 29.1 Å². The van der Waals surface area contributed by atoms with E-state index in [4.69, 9.17) is 5.73 Å². The van der Waals surface area contributed by atoms with E-state index in [0.29, 0.717) is 12.1 Å². The smallest absolute Gasteiger partial charge is 0.251 e. The van der Waals surface area contributed by atoms with Gasteiger partial charge in [-0.1, -0.05) is 26.0 Å². The van der Waals surface area contributed by atoms with E-state index in [2.05, 4.69) is 10.3 Å². The highest BCUT2D eigenvalue weighted by molar-refractivity contribution is 7.09. The van der Waals surface area contributed by atoms with Gasteiger partial charge in [-0.2, -0.15) is 0 Å². The zero-order chi connectivity index (χ0) is 16.2. The van der Waals surface area contributed by atoms with Crippen LogP contribution in [0.15, 0.2) is 29.6 Å². The maximum absolute atomic E-state index is 12.5. The van der Waals surface area contributed by atoms with Gasteiger partial charge in [0.05, 0.1) is 16.2 Å². The van der Waals surface area contributed by atoms with Crippen molar-refractivity contribution in [2.75, 3.05) is 6.54 Å². The number of nitrogens with two attached hydrogens (primary N) is 1. The maximum Gasteiger partial charge on any atom is 0.251 e. The first kappa shape index (κ1) is 22.9. The second-order valence-electron chi connectivity index (χ2n) is 5.48. The van der Waals surface area contributed by atoms with Crippen LogP contribution in [0.3, 0.4) is 0 Å². The Hall–Kier alpha value is -1.14. The van der Waals surface area contributed by atoms with E-state index in [-0.39, 0.29) is 36.3 Å². The zero-order valence-corrected chi connectivity index (χ0v) is 16.6. The van der Waals surface area contributed by atoms with Gasteiger partial charge >= 0.3 is 0 Å². The molecule has 0 saturated carbocycles. The van der Waals surface area contributed by atoms with Gasteiger partial charge in [-0.3, -0.25) is 4.79 Å². The Morgan fingerprint density at radius 3 is 2.46 bits per heavy atom. The largest absolute Gasteiger partial charge is 0.345 e. The molecule has 0 atom stereocenters. The fourth-order valence-corrected chi connectivity index (χ4v) is 3.02. The fourth-order valence-electron chi connectivity index (χ4n) is 2.40. The minimum absolute atomic E-state index is 0. The van der Waals surface area contributed by atoms with Crippen LogP contribution >= 0.6 is 36.2 Å². The molecule has 1 aromatic heterocycles. The summed E-state index contributed by atoms with van der Waals surface area (Å²) in [6, 6.07) is 7.57. The van der Waals surface area contributed by atoms with Crippen molar-refractivity contribution in [3.63, 3.8) is 0 Å². The molecule has 0 spiro atoms. The van der Waals surface area contributed by atoms with Crippen molar-refractivity contribution >= 4 is 42.1 Å². The van der Waals surface area contributed by atoms with Crippen LogP contribution in [-0.2, 0) is 0 Å². The standard InChI is InChI=1S/C17H23N3OS.2ClH/c1-4-17(5-2,11-18)20-16(21)14-8-6-7-13(9-14)15-10-22-12(3)19-15;;/h6-10H,4-5,11,18H2,1-3H3,(H,20,21);2*1H. The van der Waals surface area contributed by atoms with E-state index >= 15 is 0 Å². The number of halogens is 2. The van der Waals surface area contributed by atoms with Crippen molar-refractivity contribution in [2.45, 2.75) is 39.2 Å². The number of thiazole rings is 1. The third-order valence-corrected chi connectivity index (χ3v) is 4.94. The quantitative estimate of drug-likeness (QED) is 0.777.